The summed E-state index contributed by atoms with van der Waals surface area (Å²) in [6, 6.07) is 7.97. The summed E-state index contributed by atoms with van der Waals surface area (Å²) in [4.78, 5) is 26.7. The number of hydrogen-bond donors (Lipinski definition) is 1. The van der Waals surface area contributed by atoms with E-state index < -0.39 is 0 Å². The summed E-state index contributed by atoms with van der Waals surface area (Å²) >= 11 is 1.39. The second-order valence-corrected chi connectivity index (χ2v) is 8.52. The van der Waals surface area contributed by atoms with E-state index in [0.29, 0.717) is 18.1 Å². The maximum Gasteiger partial charge on any atom is 0.229 e. The Hall–Kier alpha value is -2.28. The zero-order valence-electron chi connectivity index (χ0n) is 15.5. The van der Waals surface area contributed by atoms with Crippen LogP contribution in [0.25, 0.3) is 0 Å². The van der Waals surface area contributed by atoms with E-state index in [-0.39, 0.29) is 23.7 Å². The number of anilines is 2. The van der Waals surface area contributed by atoms with Crippen molar-refractivity contribution in [3.63, 3.8) is 0 Å². The zero-order chi connectivity index (χ0) is 18.8. The topological polar surface area (TPSA) is 75.2 Å². The predicted octanol–water partition coefficient (Wildman–Crippen LogP) is 3.89. The van der Waals surface area contributed by atoms with Gasteiger partial charge in [0.15, 0.2) is 0 Å². The van der Waals surface area contributed by atoms with Gasteiger partial charge in [-0.25, -0.2) is 0 Å². The van der Waals surface area contributed by atoms with E-state index >= 15 is 0 Å². The van der Waals surface area contributed by atoms with Gasteiger partial charge in [-0.3, -0.25) is 9.59 Å². The van der Waals surface area contributed by atoms with Crippen LogP contribution in [0.5, 0.6) is 0 Å². The zero-order valence-corrected chi connectivity index (χ0v) is 16.3. The van der Waals surface area contributed by atoms with Gasteiger partial charge in [0.25, 0.3) is 0 Å². The van der Waals surface area contributed by atoms with E-state index in [1.807, 2.05) is 36.1 Å². The summed E-state index contributed by atoms with van der Waals surface area (Å²) in [7, 11) is 0. The fraction of sp³-hybridized carbons (Fsp3) is 0.500. The smallest absolute Gasteiger partial charge is 0.229 e. The minimum atomic E-state index is 0.0239. The van der Waals surface area contributed by atoms with Crippen molar-refractivity contribution < 1.29 is 9.59 Å². The van der Waals surface area contributed by atoms with E-state index in [0.717, 1.165) is 41.9 Å². The van der Waals surface area contributed by atoms with Crippen LogP contribution >= 0.6 is 11.3 Å². The number of hydrogen-bond acceptors (Lipinski definition) is 5. The largest absolute Gasteiger partial charge is 0.312 e. The van der Waals surface area contributed by atoms with E-state index in [4.69, 9.17) is 0 Å². The summed E-state index contributed by atoms with van der Waals surface area (Å²) in [5.41, 5.74) is 2.06. The highest BCUT2D eigenvalue weighted by Crippen LogP contribution is 2.35. The number of aryl methyl sites for hydroxylation is 1. The molecule has 2 heterocycles. The molecule has 1 aromatic carbocycles. The average Bonchev–Trinajstić information content (AvgIpc) is 3.29. The lowest BCUT2D eigenvalue weighted by molar-refractivity contribution is -0.120. The molecule has 1 aliphatic carbocycles. The molecule has 2 amide bonds. The van der Waals surface area contributed by atoms with Gasteiger partial charge in [0.05, 0.1) is 0 Å². The van der Waals surface area contributed by atoms with Crippen LogP contribution in [0, 0.1) is 12.8 Å². The van der Waals surface area contributed by atoms with Crippen LogP contribution in [0.15, 0.2) is 24.3 Å². The van der Waals surface area contributed by atoms with Crippen LogP contribution in [-0.4, -0.2) is 28.6 Å². The Balaban J connectivity index is 1.41. The van der Waals surface area contributed by atoms with Gasteiger partial charge >= 0.3 is 0 Å². The van der Waals surface area contributed by atoms with Crippen molar-refractivity contribution >= 4 is 34.0 Å². The van der Waals surface area contributed by atoms with Crippen LogP contribution in [0.3, 0.4) is 0 Å². The molecule has 142 valence electrons. The Labute approximate surface area is 163 Å². The first-order valence-corrected chi connectivity index (χ1v) is 10.4. The quantitative estimate of drug-likeness (QED) is 0.868. The minimum Gasteiger partial charge on any atom is -0.312 e. The lowest BCUT2D eigenvalue weighted by atomic mass is 9.89. The summed E-state index contributed by atoms with van der Waals surface area (Å²) in [5.74, 6) is 0.279. The van der Waals surface area contributed by atoms with Gasteiger partial charge in [0, 0.05) is 30.5 Å². The first kappa shape index (κ1) is 18.1. The fourth-order valence-electron chi connectivity index (χ4n) is 3.94. The Morgan fingerprint density at radius 1 is 1.22 bits per heavy atom. The molecule has 0 unspecified atom stereocenters. The van der Waals surface area contributed by atoms with Crippen LogP contribution in [-0.2, 0) is 9.59 Å². The second-order valence-electron chi connectivity index (χ2n) is 7.51. The van der Waals surface area contributed by atoms with E-state index in [2.05, 4.69) is 15.5 Å². The highest BCUT2D eigenvalue weighted by molar-refractivity contribution is 7.15. The summed E-state index contributed by atoms with van der Waals surface area (Å²) in [6.07, 6.45) is 5.82. The molecule has 2 aliphatic rings. The molecule has 2 aromatic rings. The first-order chi connectivity index (χ1) is 13.1. The molecule has 1 saturated carbocycles. The van der Waals surface area contributed by atoms with Gasteiger partial charge in [-0.15, -0.1) is 10.2 Å². The highest BCUT2D eigenvalue weighted by atomic mass is 32.1. The normalized spacial score (nSPS) is 20.9. The standard InChI is InChI=1S/C20H24N4O2S/c1-13-6-5-9-16(10-13)24-12-15(11-17(24)25)19-22-23-20(27-19)21-18(26)14-7-3-2-4-8-14/h5-6,9-10,14-15H,2-4,7-8,11-12H2,1H3,(H,21,23,26)/t15-/m1/s1. The Morgan fingerprint density at radius 2 is 2.04 bits per heavy atom. The van der Waals surface area contributed by atoms with Crippen molar-refractivity contribution in [3.05, 3.63) is 34.8 Å². The van der Waals surface area contributed by atoms with Crippen molar-refractivity contribution in [1.29, 1.82) is 0 Å². The Bertz CT molecular complexity index is 844. The predicted molar refractivity (Wildman–Crippen MR) is 106 cm³/mol. The van der Waals surface area contributed by atoms with Gasteiger partial charge in [0.1, 0.15) is 5.01 Å². The monoisotopic (exact) mass is 384 g/mol. The molecule has 2 fully saturated rings. The van der Waals surface area contributed by atoms with Crippen molar-refractivity contribution in [3.8, 4) is 0 Å². The van der Waals surface area contributed by atoms with Gasteiger partial charge in [-0.05, 0) is 37.5 Å². The number of nitrogens with one attached hydrogen (secondary N) is 1. The van der Waals surface area contributed by atoms with Crippen LogP contribution in [0.4, 0.5) is 10.8 Å². The Kier molecular flexibility index (Phi) is 5.20. The third-order valence-electron chi connectivity index (χ3n) is 5.43. The maximum atomic E-state index is 12.5. The van der Waals surface area contributed by atoms with Crippen molar-refractivity contribution in [2.45, 2.75) is 51.4 Å². The number of benzene rings is 1. The molecule has 1 aliphatic heterocycles. The number of nitrogens with zero attached hydrogens (tertiary/aromatic N) is 3. The molecule has 27 heavy (non-hydrogen) atoms. The summed E-state index contributed by atoms with van der Waals surface area (Å²) < 4.78 is 0. The molecule has 1 N–H and O–H groups in total. The molecule has 1 atom stereocenters. The third-order valence-corrected chi connectivity index (χ3v) is 6.44. The van der Waals surface area contributed by atoms with Crippen molar-refractivity contribution in [1.82, 2.24) is 10.2 Å². The number of rotatable bonds is 4. The molecular formula is C20H24N4O2S. The number of carbonyl (C=O) groups excluding carboxylic acids is 2. The van der Waals surface area contributed by atoms with E-state index in [9.17, 15) is 9.59 Å². The average molecular weight is 385 g/mol. The van der Waals surface area contributed by atoms with Crippen molar-refractivity contribution in [2.75, 3.05) is 16.8 Å². The fourth-order valence-corrected chi connectivity index (χ4v) is 4.78. The minimum absolute atomic E-state index is 0.0239. The summed E-state index contributed by atoms with van der Waals surface area (Å²) in [6.45, 7) is 2.63. The summed E-state index contributed by atoms with van der Waals surface area (Å²) in [5, 5.41) is 12.7. The number of amides is 2. The lowest BCUT2D eigenvalue weighted by Gasteiger charge is -2.19. The van der Waals surface area contributed by atoms with Crippen LogP contribution in [0.1, 0.15) is 55.0 Å². The molecule has 6 nitrogen and oxygen atoms in total. The van der Waals surface area contributed by atoms with Crippen molar-refractivity contribution in [2.24, 2.45) is 5.92 Å². The second kappa shape index (κ2) is 7.76. The molecule has 4 rings (SSSR count). The molecule has 0 radical (unpaired) electrons. The van der Waals surface area contributed by atoms with Crippen LogP contribution < -0.4 is 10.2 Å². The molecule has 0 spiro atoms. The molecular weight excluding hydrogens is 360 g/mol. The van der Waals surface area contributed by atoms with Gasteiger partial charge in [-0.1, -0.05) is 42.7 Å². The Morgan fingerprint density at radius 3 is 2.81 bits per heavy atom. The highest BCUT2D eigenvalue weighted by Gasteiger charge is 2.34. The van der Waals surface area contributed by atoms with Crippen LogP contribution in [0.2, 0.25) is 0 Å². The van der Waals surface area contributed by atoms with E-state index in [1.54, 1.807) is 0 Å². The lowest BCUT2D eigenvalue weighted by Crippen LogP contribution is -2.24. The third kappa shape index (κ3) is 4.03. The van der Waals surface area contributed by atoms with Gasteiger partial charge in [-0.2, -0.15) is 0 Å². The number of carbonyl (C=O) groups is 2. The molecule has 7 heteroatoms. The van der Waals surface area contributed by atoms with Gasteiger partial charge in [0.2, 0.25) is 16.9 Å². The number of aromatic nitrogens is 2. The molecule has 0 bridgehead atoms. The maximum absolute atomic E-state index is 12.5. The first-order valence-electron chi connectivity index (χ1n) is 9.61. The molecule has 1 aromatic heterocycles. The SMILES string of the molecule is Cc1cccc(N2C[C@H](c3nnc(NC(=O)C4CCCCC4)s3)CC2=O)c1. The van der Waals surface area contributed by atoms with Gasteiger partial charge < -0.3 is 10.2 Å². The molecule has 1 saturated heterocycles. The van der Waals surface area contributed by atoms with E-state index in [1.165, 1.54) is 17.8 Å².